The molecule has 6 heteroatoms. The molecule has 0 aliphatic rings. The van der Waals surface area contributed by atoms with Gasteiger partial charge in [-0.15, -0.1) is 11.3 Å². The second-order valence-corrected chi connectivity index (χ2v) is 7.48. The van der Waals surface area contributed by atoms with Crippen LogP contribution in [0.15, 0.2) is 41.4 Å². The summed E-state index contributed by atoms with van der Waals surface area (Å²) >= 11 is 3.66. The molecule has 4 nitrogen and oxygen atoms in total. The first-order valence-electron chi connectivity index (χ1n) is 7.60. The minimum Gasteiger partial charge on any atom is -0.334 e. The van der Waals surface area contributed by atoms with Gasteiger partial charge in [0.05, 0.1) is 6.04 Å². The van der Waals surface area contributed by atoms with Crippen molar-refractivity contribution >= 4 is 45.9 Å². The average Bonchev–Trinajstić information content (AvgIpc) is 3.10. The predicted molar refractivity (Wildman–Crippen MR) is 105 cm³/mol. The Hall–Kier alpha value is -1.72. The summed E-state index contributed by atoms with van der Waals surface area (Å²) in [7, 11) is 1.76. The molecule has 0 saturated carbocycles. The molecule has 0 aliphatic heterocycles. The highest BCUT2D eigenvalue weighted by Crippen LogP contribution is 2.27. The lowest BCUT2D eigenvalue weighted by molar-refractivity contribution is -0.127. The number of halogens is 1. The monoisotopic (exact) mass is 451 g/mol. The van der Waals surface area contributed by atoms with Crippen LogP contribution in [0.4, 0.5) is 0 Å². The number of carbonyl (C=O) groups excluding carboxylic acids is 1. The summed E-state index contributed by atoms with van der Waals surface area (Å²) in [5.74, 6) is -0.273. The summed E-state index contributed by atoms with van der Waals surface area (Å²) in [5.41, 5.74) is 1.19. The quantitative estimate of drug-likeness (QED) is 0.365. The van der Waals surface area contributed by atoms with E-state index in [2.05, 4.69) is 34.5 Å². The molecule has 0 bridgehead atoms. The fourth-order valence-corrected chi connectivity index (χ4v) is 3.37. The smallest absolute Gasteiger partial charge is 0.264 e. The molecule has 2 aromatic rings. The first-order chi connectivity index (χ1) is 11.6. The molecule has 1 unspecified atom stereocenters. The maximum atomic E-state index is 12.8. The van der Waals surface area contributed by atoms with Crippen LogP contribution in [0.25, 0.3) is 6.08 Å². The average molecular weight is 451 g/mol. The van der Waals surface area contributed by atoms with Gasteiger partial charge in [-0.3, -0.25) is 4.79 Å². The second-order valence-electron chi connectivity index (χ2n) is 5.31. The van der Waals surface area contributed by atoms with Crippen LogP contribution in [0.3, 0.4) is 0 Å². The summed E-state index contributed by atoms with van der Waals surface area (Å²) in [6.07, 6.45) is 5.01. The highest BCUT2D eigenvalue weighted by atomic mass is 127. The number of hydrogen-bond acceptors (Lipinski definition) is 4. The van der Waals surface area contributed by atoms with E-state index in [-0.39, 0.29) is 17.5 Å². The maximum absolute atomic E-state index is 12.8. The molecule has 1 heterocycles. The van der Waals surface area contributed by atoms with Crippen LogP contribution in [0.2, 0.25) is 0 Å². The number of likely N-dealkylation sites (N-methyl/N-ethyl adjacent to an activating group) is 1. The Bertz CT molecular complexity index is 748. The third kappa shape index (κ3) is 4.65. The Morgan fingerprint density at radius 3 is 2.71 bits per heavy atom. The molecule has 0 aliphatic carbocycles. The molecular weight excluding hydrogens is 433 g/mol. The lowest BCUT2D eigenvalue weighted by atomic mass is 10.0. The van der Waals surface area contributed by atoms with Crippen LogP contribution in [-0.2, 0) is 4.79 Å². The Morgan fingerprint density at radius 1 is 1.46 bits per heavy atom. The van der Waals surface area contributed by atoms with E-state index in [4.69, 9.17) is 0 Å². The van der Waals surface area contributed by atoms with Crippen LogP contribution in [0, 0.1) is 14.9 Å². The molecule has 0 saturated heterocycles. The molecule has 124 valence electrons. The van der Waals surface area contributed by atoms with Gasteiger partial charge in [-0.05, 0) is 52.8 Å². The van der Waals surface area contributed by atoms with Crippen LogP contribution in [0.1, 0.15) is 36.4 Å². The first-order valence-corrected chi connectivity index (χ1v) is 9.56. The van der Waals surface area contributed by atoms with Crippen LogP contribution < -0.4 is 0 Å². The van der Waals surface area contributed by atoms with Crippen molar-refractivity contribution in [3.8, 4) is 6.07 Å². The summed E-state index contributed by atoms with van der Waals surface area (Å²) in [6.45, 7) is 2.09. The topological polar surface area (TPSA) is 57.0 Å². The van der Waals surface area contributed by atoms with E-state index in [1.807, 2.05) is 35.7 Å². The van der Waals surface area contributed by atoms with Gasteiger partial charge in [0.25, 0.3) is 5.91 Å². The van der Waals surface area contributed by atoms with Crippen molar-refractivity contribution in [3.05, 3.63) is 55.6 Å². The molecule has 0 fully saturated rings. The summed E-state index contributed by atoms with van der Waals surface area (Å²) in [5, 5.41) is 11.9. The zero-order chi connectivity index (χ0) is 17.5. The lowest BCUT2D eigenvalue weighted by Crippen LogP contribution is -2.32. The van der Waals surface area contributed by atoms with E-state index >= 15 is 0 Å². The number of benzene rings is 1. The van der Waals surface area contributed by atoms with Gasteiger partial charge in [0, 0.05) is 22.2 Å². The summed E-state index contributed by atoms with van der Waals surface area (Å²) in [4.78, 5) is 18.5. The van der Waals surface area contributed by atoms with Gasteiger partial charge < -0.3 is 4.90 Å². The van der Waals surface area contributed by atoms with E-state index in [0.29, 0.717) is 5.01 Å². The minimum absolute atomic E-state index is 0.0486. The molecule has 0 spiro atoms. The number of nitrogens with zero attached hydrogens (tertiary/aromatic N) is 3. The molecule has 0 N–H and O–H groups in total. The van der Waals surface area contributed by atoms with E-state index in [0.717, 1.165) is 22.0 Å². The van der Waals surface area contributed by atoms with Crippen molar-refractivity contribution in [3.63, 3.8) is 0 Å². The Labute approximate surface area is 160 Å². The number of thiazole rings is 1. The van der Waals surface area contributed by atoms with Gasteiger partial charge in [-0.2, -0.15) is 5.26 Å². The van der Waals surface area contributed by atoms with Gasteiger partial charge in [-0.25, -0.2) is 4.98 Å². The van der Waals surface area contributed by atoms with Gasteiger partial charge in [-0.1, -0.05) is 25.5 Å². The van der Waals surface area contributed by atoms with Gasteiger partial charge in [0.1, 0.15) is 16.6 Å². The highest BCUT2D eigenvalue weighted by Gasteiger charge is 2.24. The molecule has 24 heavy (non-hydrogen) atoms. The van der Waals surface area contributed by atoms with Gasteiger partial charge in [0.15, 0.2) is 0 Å². The molecule has 0 radical (unpaired) electrons. The Morgan fingerprint density at radius 2 is 2.17 bits per heavy atom. The van der Waals surface area contributed by atoms with Crippen molar-refractivity contribution in [1.29, 1.82) is 5.26 Å². The number of hydrogen-bond donors (Lipinski definition) is 0. The summed E-state index contributed by atoms with van der Waals surface area (Å²) < 4.78 is 1.15. The number of amides is 1. The zero-order valence-corrected chi connectivity index (χ0v) is 16.5. The van der Waals surface area contributed by atoms with Gasteiger partial charge in [0.2, 0.25) is 0 Å². The van der Waals surface area contributed by atoms with Crippen LogP contribution >= 0.6 is 33.9 Å². The van der Waals surface area contributed by atoms with Crippen molar-refractivity contribution in [2.45, 2.75) is 25.8 Å². The highest BCUT2D eigenvalue weighted by molar-refractivity contribution is 14.1. The number of nitriles is 1. The molecule has 1 atom stereocenters. The molecular formula is C18H18IN3OS. The number of rotatable bonds is 6. The lowest BCUT2D eigenvalue weighted by Gasteiger charge is -2.28. The van der Waals surface area contributed by atoms with E-state index in [9.17, 15) is 10.1 Å². The van der Waals surface area contributed by atoms with Crippen molar-refractivity contribution < 1.29 is 4.79 Å². The Kier molecular flexibility index (Phi) is 6.94. The van der Waals surface area contributed by atoms with E-state index in [1.165, 1.54) is 11.3 Å². The first kappa shape index (κ1) is 18.6. The van der Waals surface area contributed by atoms with Crippen molar-refractivity contribution in [2.75, 3.05) is 7.05 Å². The Balaban J connectivity index is 2.28. The fraction of sp³-hybridized carbons (Fsp3) is 0.278. The van der Waals surface area contributed by atoms with Crippen LogP contribution in [-0.4, -0.2) is 22.8 Å². The molecule has 1 aromatic heterocycles. The SMILES string of the molecule is CCCC(c1ccc(I)cc1)N(C)C(=O)/C(C#N)=C/c1nccs1. The number of aromatic nitrogens is 1. The largest absolute Gasteiger partial charge is 0.334 e. The molecule has 2 rings (SSSR count). The predicted octanol–water partition coefficient (Wildman–Crippen LogP) is 4.65. The fourth-order valence-electron chi connectivity index (χ4n) is 2.44. The van der Waals surface area contributed by atoms with Crippen molar-refractivity contribution in [2.24, 2.45) is 0 Å². The third-order valence-corrected chi connectivity index (χ3v) is 5.12. The standard InChI is InChI=1S/C18H18IN3OS/c1-3-4-16(13-5-7-15(19)8-6-13)22(2)18(23)14(12-20)11-17-21-9-10-24-17/h5-11,16H,3-4H2,1-2H3/b14-11+. The van der Waals surface area contributed by atoms with Gasteiger partial charge >= 0.3 is 0 Å². The second kappa shape index (κ2) is 8.94. The zero-order valence-electron chi connectivity index (χ0n) is 13.6. The minimum atomic E-state index is -0.273. The van der Waals surface area contributed by atoms with E-state index < -0.39 is 0 Å². The maximum Gasteiger partial charge on any atom is 0.264 e. The molecule has 1 amide bonds. The van der Waals surface area contributed by atoms with E-state index in [1.54, 1.807) is 24.2 Å². The van der Waals surface area contributed by atoms with Crippen molar-refractivity contribution in [1.82, 2.24) is 9.88 Å². The number of carbonyl (C=O) groups is 1. The normalized spacial score (nSPS) is 12.5. The molecule has 1 aromatic carbocycles. The third-order valence-electron chi connectivity index (χ3n) is 3.67. The summed E-state index contributed by atoms with van der Waals surface area (Å²) in [6, 6.07) is 10.1. The van der Waals surface area contributed by atoms with Crippen LogP contribution in [0.5, 0.6) is 0 Å².